The van der Waals surface area contributed by atoms with Gasteiger partial charge in [0, 0.05) is 12.8 Å². The van der Waals surface area contributed by atoms with Gasteiger partial charge in [0.15, 0.2) is 0 Å². The fourth-order valence-electron chi connectivity index (χ4n) is 6.20. The average molecular weight is 693 g/mol. The van der Waals surface area contributed by atoms with Crippen LogP contribution in [-0.4, -0.2) is 68.0 Å². The number of quaternary nitrogens is 1. The first-order valence-electron chi connectivity index (χ1n) is 21.0. The number of allylic oxidation sites excluding steroid dienone is 4. The third kappa shape index (κ3) is 36.0. The highest BCUT2D eigenvalue weighted by Crippen LogP contribution is 2.14. The summed E-state index contributed by atoms with van der Waals surface area (Å²) in [6, 6.07) is 0. The number of aliphatic hydroxyl groups excluding tert-OH is 1. The van der Waals surface area contributed by atoms with E-state index in [-0.39, 0.29) is 18.5 Å². The minimum Gasteiger partial charge on any atom is -0.460 e. The lowest BCUT2D eigenvalue weighted by Gasteiger charge is -2.33. The average Bonchev–Trinajstić information content (AvgIpc) is 3.08. The summed E-state index contributed by atoms with van der Waals surface area (Å²) in [6.45, 7) is 6.96. The van der Waals surface area contributed by atoms with Gasteiger partial charge in [-0.2, -0.15) is 0 Å². The summed E-state index contributed by atoms with van der Waals surface area (Å²) in [5.74, 6) is -0.273. The van der Waals surface area contributed by atoms with Gasteiger partial charge in [-0.05, 0) is 44.9 Å². The number of carbonyl (C=O) groups is 2. The van der Waals surface area contributed by atoms with Crippen LogP contribution in [0.5, 0.6) is 0 Å². The molecule has 0 aromatic rings. The van der Waals surface area contributed by atoms with Gasteiger partial charge in [0.2, 0.25) is 0 Å². The molecule has 0 rings (SSSR count). The summed E-state index contributed by atoms with van der Waals surface area (Å²) in [7, 11) is 2.02. The number of ether oxygens (including phenoxy) is 2. The van der Waals surface area contributed by atoms with E-state index in [0.717, 1.165) is 44.9 Å². The van der Waals surface area contributed by atoms with Gasteiger partial charge in [-0.15, -0.1) is 0 Å². The molecule has 0 bridgehead atoms. The molecule has 0 radical (unpaired) electrons. The van der Waals surface area contributed by atoms with Crippen molar-refractivity contribution in [2.45, 2.75) is 194 Å². The molecule has 0 saturated heterocycles. The quantitative estimate of drug-likeness (QED) is 0.0302. The van der Waals surface area contributed by atoms with E-state index in [2.05, 4.69) is 38.2 Å². The number of hydrogen-bond acceptors (Lipinski definition) is 5. The SMILES string of the molecule is CCCCC/C=C\C/C=C\CCCCCCCC(=O)OCC[N+](C)(CCO)CCOC(=O)CCCCCCCCCCCCCCCCC. The molecule has 0 aromatic carbocycles. The Morgan fingerprint density at radius 3 is 1.24 bits per heavy atom. The van der Waals surface area contributed by atoms with Crippen molar-refractivity contribution >= 4 is 11.9 Å². The van der Waals surface area contributed by atoms with Crippen LogP contribution in [0.2, 0.25) is 0 Å². The van der Waals surface area contributed by atoms with Crippen LogP contribution in [0, 0.1) is 0 Å². The van der Waals surface area contributed by atoms with E-state index in [9.17, 15) is 14.7 Å². The Morgan fingerprint density at radius 1 is 0.490 bits per heavy atom. The number of unbranched alkanes of at least 4 members (excludes halogenated alkanes) is 22. The normalized spacial score (nSPS) is 13.0. The maximum Gasteiger partial charge on any atom is 0.305 e. The molecule has 0 fully saturated rings. The highest BCUT2D eigenvalue weighted by molar-refractivity contribution is 5.69. The largest absolute Gasteiger partial charge is 0.460 e. The minimum absolute atomic E-state index is 0.0451. The Bertz CT molecular complexity index is 782. The molecule has 6 heteroatoms. The molecule has 288 valence electrons. The number of aliphatic hydroxyl groups is 1. The topological polar surface area (TPSA) is 72.8 Å². The first kappa shape index (κ1) is 47.3. The summed E-state index contributed by atoms with van der Waals surface area (Å²) in [5, 5.41) is 9.59. The Morgan fingerprint density at radius 2 is 0.837 bits per heavy atom. The van der Waals surface area contributed by atoms with Gasteiger partial charge in [-0.3, -0.25) is 9.59 Å². The van der Waals surface area contributed by atoms with Crippen LogP contribution in [-0.2, 0) is 19.1 Å². The van der Waals surface area contributed by atoms with E-state index in [1.807, 2.05) is 7.05 Å². The number of nitrogens with zero attached hydrogens (tertiary/aromatic N) is 1. The molecule has 0 aliphatic heterocycles. The fraction of sp³-hybridized carbons (Fsp3) is 0.860. The third-order valence-corrected chi connectivity index (χ3v) is 9.74. The lowest BCUT2D eigenvalue weighted by molar-refractivity contribution is -0.910. The van der Waals surface area contributed by atoms with Crippen LogP contribution < -0.4 is 0 Å². The Labute approximate surface area is 304 Å². The van der Waals surface area contributed by atoms with E-state index in [1.54, 1.807) is 0 Å². The molecule has 0 amide bonds. The van der Waals surface area contributed by atoms with E-state index in [0.29, 0.717) is 50.2 Å². The van der Waals surface area contributed by atoms with Gasteiger partial charge in [0.1, 0.15) is 32.8 Å². The standard InChI is InChI=1S/C43H82NO5/c1-4-6-8-10-12-14-16-18-20-22-24-26-28-30-32-34-42(46)48-40-37-44(3,36-39-45)38-41-49-43(47)35-33-31-29-27-25-23-21-19-17-15-13-11-9-7-5-2/h12,14,18,20,45H,4-11,13,15-17,19,21-41H2,1-3H3/q+1/b14-12-,20-18-. The van der Waals surface area contributed by atoms with Crippen LogP contribution in [0.15, 0.2) is 24.3 Å². The Hall–Kier alpha value is -1.66. The third-order valence-electron chi connectivity index (χ3n) is 9.74. The molecule has 0 aromatic heterocycles. The molecule has 0 saturated carbocycles. The monoisotopic (exact) mass is 693 g/mol. The highest BCUT2D eigenvalue weighted by atomic mass is 16.5. The zero-order valence-electron chi connectivity index (χ0n) is 32.9. The van der Waals surface area contributed by atoms with Crippen LogP contribution in [0.25, 0.3) is 0 Å². The first-order valence-corrected chi connectivity index (χ1v) is 21.0. The smallest absolute Gasteiger partial charge is 0.305 e. The lowest BCUT2D eigenvalue weighted by Crippen LogP contribution is -2.50. The predicted octanol–water partition coefficient (Wildman–Crippen LogP) is 11.6. The highest BCUT2D eigenvalue weighted by Gasteiger charge is 2.22. The number of esters is 2. The van der Waals surface area contributed by atoms with Crippen LogP contribution in [0.4, 0.5) is 0 Å². The molecule has 1 unspecified atom stereocenters. The number of likely N-dealkylation sites (N-methyl/N-ethyl adjacent to an activating group) is 1. The van der Waals surface area contributed by atoms with Crippen molar-refractivity contribution < 1.29 is 28.7 Å². The number of rotatable bonds is 38. The van der Waals surface area contributed by atoms with E-state index in [4.69, 9.17) is 9.47 Å². The van der Waals surface area contributed by atoms with Gasteiger partial charge in [0.05, 0.1) is 13.7 Å². The zero-order valence-corrected chi connectivity index (χ0v) is 32.9. The van der Waals surface area contributed by atoms with Gasteiger partial charge in [0.25, 0.3) is 0 Å². The van der Waals surface area contributed by atoms with Crippen LogP contribution in [0.1, 0.15) is 194 Å². The van der Waals surface area contributed by atoms with Crippen molar-refractivity contribution in [2.75, 3.05) is 46.5 Å². The second-order valence-corrected chi connectivity index (χ2v) is 14.6. The molecule has 1 N–H and O–H groups in total. The van der Waals surface area contributed by atoms with Gasteiger partial charge in [-0.1, -0.05) is 160 Å². The molecular formula is C43H82NO5+. The second-order valence-electron chi connectivity index (χ2n) is 14.6. The molecule has 49 heavy (non-hydrogen) atoms. The summed E-state index contributed by atoms with van der Waals surface area (Å²) in [5.41, 5.74) is 0. The molecule has 1 atom stereocenters. The molecule has 0 spiro atoms. The Kier molecular flexibility index (Phi) is 36.3. The van der Waals surface area contributed by atoms with Crippen molar-refractivity contribution in [3.63, 3.8) is 0 Å². The fourth-order valence-corrected chi connectivity index (χ4v) is 6.20. The summed E-state index contributed by atoms with van der Waals surface area (Å²) in [4.78, 5) is 24.5. The minimum atomic E-state index is -0.142. The van der Waals surface area contributed by atoms with E-state index >= 15 is 0 Å². The van der Waals surface area contributed by atoms with Gasteiger partial charge < -0.3 is 19.1 Å². The van der Waals surface area contributed by atoms with E-state index < -0.39 is 0 Å². The van der Waals surface area contributed by atoms with Crippen LogP contribution >= 0.6 is 0 Å². The molecule has 6 nitrogen and oxygen atoms in total. The Balaban J connectivity index is 3.74. The maximum atomic E-state index is 12.3. The maximum absolute atomic E-state index is 12.3. The molecule has 0 aliphatic carbocycles. The lowest BCUT2D eigenvalue weighted by atomic mass is 10.0. The number of carbonyl (C=O) groups excluding carboxylic acids is 2. The number of hydrogen-bond donors (Lipinski definition) is 1. The first-order chi connectivity index (χ1) is 24.0. The molecule has 0 heterocycles. The van der Waals surface area contributed by atoms with Crippen molar-refractivity contribution in [2.24, 2.45) is 0 Å². The second kappa shape index (κ2) is 37.6. The van der Waals surface area contributed by atoms with Crippen molar-refractivity contribution in [1.29, 1.82) is 0 Å². The van der Waals surface area contributed by atoms with Crippen molar-refractivity contribution in [3.8, 4) is 0 Å². The van der Waals surface area contributed by atoms with Gasteiger partial charge >= 0.3 is 11.9 Å². The van der Waals surface area contributed by atoms with Crippen molar-refractivity contribution in [1.82, 2.24) is 0 Å². The van der Waals surface area contributed by atoms with Crippen LogP contribution in [0.3, 0.4) is 0 Å². The summed E-state index contributed by atoms with van der Waals surface area (Å²) >= 11 is 0. The predicted molar refractivity (Wildman–Crippen MR) is 209 cm³/mol. The van der Waals surface area contributed by atoms with E-state index in [1.165, 1.54) is 122 Å². The summed E-state index contributed by atoms with van der Waals surface area (Å²) in [6.07, 6.45) is 42.5. The summed E-state index contributed by atoms with van der Waals surface area (Å²) < 4.78 is 11.5. The molecule has 0 aliphatic rings. The zero-order chi connectivity index (χ0) is 35.9. The molecular weight excluding hydrogens is 610 g/mol. The van der Waals surface area contributed by atoms with Crippen molar-refractivity contribution in [3.05, 3.63) is 24.3 Å². The van der Waals surface area contributed by atoms with Gasteiger partial charge in [-0.25, -0.2) is 0 Å².